The molecule has 2 heterocycles. The Labute approximate surface area is 147 Å². The van der Waals surface area contributed by atoms with Gasteiger partial charge >= 0.3 is 0 Å². The highest BCUT2D eigenvalue weighted by Crippen LogP contribution is 2.38. The van der Waals surface area contributed by atoms with Gasteiger partial charge in [0.1, 0.15) is 6.54 Å². The van der Waals surface area contributed by atoms with Crippen LogP contribution < -0.4 is 15.1 Å². The van der Waals surface area contributed by atoms with E-state index in [0.29, 0.717) is 0 Å². The molecule has 4 rings (SSSR count). The third-order valence-electron chi connectivity index (χ3n) is 4.16. The maximum Gasteiger partial charge on any atom is 0.244 e. The maximum absolute atomic E-state index is 12.4. The number of guanidine groups is 1. The third-order valence-corrected chi connectivity index (χ3v) is 4.16. The Morgan fingerprint density at radius 1 is 1.12 bits per heavy atom. The van der Waals surface area contributed by atoms with Crippen LogP contribution in [0.15, 0.2) is 53.5 Å². The van der Waals surface area contributed by atoms with Gasteiger partial charge in [-0.25, -0.2) is 0 Å². The van der Waals surface area contributed by atoms with E-state index >= 15 is 0 Å². The fourth-order valence-electron chi connectivity index (χ4n) is 3.06. The van der Waals surface area contributed by atoms with Gasteiger partial charge in [0, 0.05) is 12.2 Å². The number of benzene rings is 2. The number of hydrogen-bond acceptors (Lipinski definition) is 4. The number of anilines is 3. The number of fused-ring (bicyclic) bond motifs is 3. The van der Waals surface area contributed by atoms with Gasteiger partial charge in [-0.15, -0.1) is 12.4 Å². The van der Waals surface area contributed by atoms with Gasteiger partial charge in [0.2, 0.25) is 11.9 Å². The van der Waals surface area contributed by atoms with E-state index in [4.69, 9.17) is 0 Å². The van der Waals surface area contributed by atoms with Gasteiger partial charge in [0.25, 0.3) is 0 Å². The quantitative estimate of drug-likeness (QED) is 0.932. The molecule has 2 aliphatic rings. The van der Waals surface area contributed by atoms with Crippen molar-refractivity contribution in [3.05, 3.63) is 54.1 Å². The lowest BCUT2D eigenvalue weighted by molar-refractivity contribution is -0.114. The zero-order valence-electron chi connectivity index (χ0n) is 13.4. The molecule has 0 saturated carbocycles. The molecule has 0 unspecified atom stereocenters. The summed E-state index contributed by atoms with van der Waals surface area (Å²) in [5.41, 5.74) is 4.17. The number of nitrogens with one attached hydrogen (secondary N) is 1. The fourth-order valence-corrected chi connectivity index (χ4v) is 3.06. The maximum atomic E-state index is 12.4. The Morgan fingerprint density at radius 2 is 1.83 bits per heavy atom. The number of carbonyl (C=O) groups excluding carboxylic acids is 1. The van der Waals surface area contributed by atoms with Crippen LogP contribution in [0.2, 0.25) is 0 Å². The number of aliphatic imine (C=N–C) groups is 1. The highest BCUT2D eigenvalue weighted by atomic mass is 35.5. The SMILES string of the molecule is Cc1ccc(NC(=O)CN2C3=NCCN3c3ccccc32)cc1.Cl. The molecule has 5 nitrogen and oxygen atoms in total. The minimum atomic E-state index is -0.0416. The molecule has 0 fully saturated rings. The summed E-state index contributed by atoms with van der Waals surface area (Å²) in [6.07, 6.45) is 0. The summed E-state index contributed by atoms with van der Waals surface area (Å²) in [7, 11) is 0. The van der Waals surface area contributed by atoms with Crippen molar-refractivity contribution in [1.82, 2.24) is 0 Å². The van der Waals surface area contributed by atoms with E-state index in [-0.39, 0.29) is 24.9 Å². The van der Waals surface area contributed by atoms with Crippen molar-refractivity contribution in [2.24, 2.45) is 4.99 Å². The summed E-state index contributed by atoms with van der Waals surface area (Å²) in [4.78, 5) is 21.1. The fraction of sp³-hybridized carbons (Fsp3) is 0.222. The molecule has 0 aliphatic carbocycles. The van der Waals surface area contributed by atoms with Gasteiger partial charge in [-0.1, -0.05) is 29.8 Å². The predicted octanol–water partition coefficient (Wildman–Crippen LogP) is 3.05. The number of carbonyl (C=O) groups is 1. The molecule has 24 heavy (non-hydrogen) atoms. The van der Waals surface area contributed by atoms with Crippen LogP contribution in [0.3, 0.4) is 0 Å². The van der Waals surface area contributed by atoms with Crippen LogP contribution in [-0.2, 0) is 4.79 Å². The van der Waals surface area contributed by atoms with Gasteiger partial charge in [-0.3, -0.25) is 9.79 Å². The van der Waals surface area contributed by atoms with E-state index in [1.165, 1.54) is 5.56 Å². The lowest BCUT2D eigenvalue weighted by atomic mass is 10.2. The number of hydrogen-bond donors (Lipinski definition) is 1. The average Bonchev–Trinajstić information content (AvgIpc) is 3.13. The molecule has 2 aromatic rings. The Bertz CT molecular complexity index is 788. The van der Waals surface area contributed by atoms with Crippen molar-refractivity contribution >= 4 is 41.3 Å². The monoisotopic (exact) mass is 342 g/mol. The number of rotatable bonds is 3. The second-order valence-electron chi connectivity index (χ2n) is 5.82. The number of aryl methyl sites for hydroxylation is 1. The molecule has 1 N–H and O–H groups in total. The summed E-state index contributed by atoms with van der Waals surface area (Å²) in [5, 5.41) is 2.95. The zero-order valence-corrected chi connectivity index (χ0v) is 14.2. The van der Waals surface area contributed by atoms with Crippen molar-refractivity contribution in [1.29, 1.82) is 0 Å². The molecule has 0 spiro atoms. The third kappa shape index (κ3) is 2.83. The minimum absolute atomic E-state index is 0. The van der Waals surface area contributed by atoms with Gasteiger partial charge in [-0.2, -0.15) is 0 Å². The van der Waals surface area contributed by atoms with Crippen LogP contribution >= 0.6 is 12.4 Å². The second-order valence-corrected chi connectivity index (χ2v) is 5.82. The highest BCUT2D eigenvalue weighted by molar-refractivity contribution is 6.19. The summed E-state index contributed by atoms with van der Waals surface area (Å²) in [5.74, 6) is 0.838. The second kappa shape index (κ2) is 6.53. The van der Waals surface area contributed by atoms with Gasteiger partial charge in [0.05, 0.1) is 17.9 Å². The normalized spacial score (nSPS) is 14.6. The van der Waals surface area contributed by atoms with Crippen molar-refractivity contribution in [2.75, 3.05) is 34.8 Å². The van der Waals surface area contributed by atoms with E-state index in [1.807, 2.05) is 54.3 Å². The molecule has 124 valence electrons. The summed E-state index contributed by atoms with van der Waals surface area (Å²) < 4.78 is 0. The predicted molar refractivity (Wildman–Crippen MR) is 100 cm³/mol. The van der Waals surface area contributed by atoms with Crippen molar-refractivity contribution < 1.29 is 4.79 Å². The van der Waals surface area contributed by atoms with Crippen LogP contribution in [-0.4, -0.2) is 31.5 Å². The summed E-state index contributed by atoms with van der Waals surface area (Å²) in [6.45, 7) is 3.95. The molecule has 0 bridgehead atoms. The van der Waals surface area contributed by atoms with Gasteiger partial charge in [-0.05, 0) is 31.2 Å². The molecule has 2 aromatic carbocycles. The van der Waals surface area contributed by atoms with E-state index in [0.717, 1.165) is 36.1 Å². The Balaban J connectivity index is 0.00000169. The number of nitrogens with zero attached hydrogens (tertiary/aromatic N) is 3. The number of para-hydroxylation sites is 2. The molecule has 0 radical (unpaired) electrons. The largest absolute Gasteiger partial charge is 0.325 e. The van der Waals surface area contributed by atoms with Crippen molar-refractivity contribution in [3.63, 3.8) is 0 Å². The van der Waals surface area contributed by atoms with Crippen molar-refractivity contribution in [3.8, 4) is 0 Å². The van der Waals surface area contributed by atoms with Crippen LogP contribution in [0, 0.1) is 6.92 Å². The Kier molecular flexibility index (Phi) is 4.44. The number of amides is 1. The standard InChI is InChI=1S/C18H18N4O.ClH/c1-13-6-8-14(9-7-13)20-17(23)12-22-16-5-3-2-4-15(16)21-11-10-19-18(21)22;/h2-9H,10-12H2,1H3,(H,20,23);1H. The van der Waals surface area contributed by atoms with Crippen LogP contribution in [0.25, 0.3) is 0 Å². The summed E-state index contributed by atoms with van der Waals surface area (Å²) in [6, 6.07) is 15.9. The molecule has 0 atom stereocenters. The van der Waals surface area contributed by atoms with E-state index in [1.54, 1.807) is 0 Å². The molecular weight excluding hydrogens is 324 g/mol. The number of halogens is 1. The van der Waals surface area contributed by atoms with Crippen LogP contribution in [0.1, 0.15) is 5.56 Å². The average molecular weight is 343 g/mol. The first-order valence-corrected chi connectivity index (χ1v) is 7.77. The topological polar surface area (TPSA) is 47.9 Å². The highest BCUT2D eigenvalue weighted by Gasteiger charge is 2.35. The molecule has 2 aliphatic heterocycles. The van der Waals surface area contributed by atoms with Gasteiger partial charge < -0.3 is 15.1 Å². The molecular formula is C18H19ClN4O. The molecule has 0 aromatic heterocycles. The lowest BCUT2D eigenvalue weighted by Gasteiger charge is -2.19. The summed E-state index contributed by atoms with van der Waals surface area (Å²) >= 11 is 0. The van der Waals surface area contributed by atoms with Crippen LogP contribution in [0.5, 0.6) is 0 Å². The smallest absolute Gasteiger partial charge is 0.244 e. The molecule has 0 saturated heterocycles. The Hall–Kier alpha value is -2.53. The Morgan fingerprint density at radius 3 is 2.58 bits per heavy atom. The van der Waals surface area contributed by atoms with Crippen molar-refractivity contribution in [2.45, 2.75) is 6.92 Å². The lowest BCUT2D eigenvalue weighted by Crippen LogP contribution is -2.40. The van der Waals surface area contributed by atoms with E-state index < -0.39 is 0 Å². The zero-order chi connectivity index (χ0) is 15.8. The molecule has 6 heteroatoms. The van der Waals surface area contributed by atoms with E-state index in [9.17, 15) is 4.79 Å². The minimum Gasteiger partial charge on any atom is -0.325 e. The van der Waals surface area contributed by atoms with Gasteiger partial charge in [0.15, 0.2) is 0 Å². The molecule has 1 amide bonds. The van der Waals surface area contributed by atoms with E-state index in [2.05, 4.69) is 21.3 Å². The first-order valence-electron chi connectivity index (χ1n) is 7.77. The van der Waals surface area contributed by atoms with Crippen LogP contribution in [0.4, 0.5) is 17.1 Å². The first-order chi connectivity index (χ1) is 11.2. The first kappa shape index (κ1) is 16.3.